The van der Waals surface area contributed by atoms with Gasteiger partial charge in [-0.2, -0.15) is 13.2 Å². The van der Waals surface area contributed by atoms with Gasteiger partial charge >= 0.3 is 12.1 Å². The number of rotatable bonds is 4. The van der Waals surface area contributed by atoms with Crippen molar-refractivity contribution in [1.82, 2.24) is 9.88 Å². The van der Waals surface area contributed by atoms with Crippen LogP contribution >= 0.6 is 11.6 Å². The summed E-state index contributed by atoms with van der Waals surface area (Å²) in [6.07, 6.45) is -1.94. The van der Waals surface area contributed by atoms with Gasteiger partial charge in [0, 0.05) is 40.9 Å². The van der Waals surface area contributed by atoms with E-state index in [1.54, 1.807) is 60.9 Å². The fourth-order valence-corrected chi connectivity index (χ4v) is 3.55. The second-order valence-electron chi connectivity index (χ2n) is 7.86. The number of carbonyl (C=O) groups excluding carboxylic acids is 3. The number of hydrogen-bond donors (Lipinski definition) is 2. The molecule has 0 unspecified atom stereocenters. The van der Waals surface area contributed by atoms with Gasteiger partial charge in [-0.3, -0.25) is 19.4 Å². The van der Waals surface area contributed by atoms with Crippen LogP contribution in [0.15, 0.2) is 73.1 Å². The largest absolute Gasteiger partial charge is 0.490 e. The number of carbonyl (C=O) groups is 4. The second kappa shape index (κ2) is 12.2. The van der Waals surface area contributed by atoms with Gasteiger partial charge in [-0.15, -0.1) is 0 Å². The van der Waals surface area contributed by atoms with Crippen molar-refractivity contribution in [2.75, 3.05) is 23.3 Å². The maximum atomic E-state index is 13.1. The van der Waals surface area contributed by atoms with Gasteiger partial charge in [0.05, 0.1) is 0 Å². The Morgan fingerprint density at radius 1 is 0.974 bits per heavy atom. The quantitative estimate of drug-likeness (QED) is 0.509. The fourth-order valence-electron chi connectivity index (χ4n) is 3.42. The molecule has 9 nitrogen and oxygen atoms in total. The van der Waals surface area contributed by atoms with Gasteiger partial charge in [0.15, 0.2) is 0 Å². The van der Waals surface area contributed by atoms with Crippen molar-refractivity contribution < 1.29 is 37.5 Å². The lowest BCUT2D eigenvalue weighted by molar-refractivity contribution is -0.192. The maximum absolute atomic E-state index is 13.1. The number of halogens is 4. The molecular weight excluding hydrogens is 529 g/mol. The van der Waals surface area contributed by atoms with Crippen molar-refractivity contribution in [2.45, 2.75) is 12.7 Å². The molecule has 0 radical (unpaired) electrons. The Morgan fingerprint density at radius 2 is 1.58 bits per heavy atom. The molecule has 0 spiro atoms. The molecule has 2 N–H and O–H groups in total. The highest BCUT2D eigenvalue weighted by atomic mass is 35.5. The Labute approximate surface area is 219 Å². The number of aromatic nitrogens is 1. The van der Waals surface area contributed by atoms with E-state index in [1.165, 1.54) is 9.80 Å². The van der Waals surface area contributed by atoms with Crippen LogP contribution in [0.3, 0.4) is 0 Å². The summed E-state index contributed by atoms with van der Waals surface area (Å²) < 4.78 is 31.7. The highest BCUT2D eigenvalue weighted by Crippen LogP contribution is 2.26. The van der Waals surface area contributed by atoms with E-state index in [1.807, 2.05) is 12.1 Å². The first kappa shape index (κ1) is 28.1. The molecule has 1 aliphatic rings. The summed E-state index contributed by atoms with van der Waals surface area (Å²) >= 11 is 5.92. The minimum atomic E-state index is -5.08. The molecule has 0 aliphatic carbocycles. The number of benzene rings is 2. The summed E-state index contributed by atoms with van der Waals surface area (Å²) in [4.78, 5) is 54.4. The molecular formula is C25H20ClF3N4O5. The molecule has 13 heteroatoms. The number of alkyl halides is 3. The Balaban J connectivity index is 0.000000505. The molecule has 38 heavy (non-hydrogen) atoms. The van der Waals surface area contributed by atoms with Crippen molar-refractivity contribution in [3.05, 3.63) is 89.2 Å². The standard InChI is InChI=1S/C23H19ClN4O3.C2HF3O2/c24-18-7-5-16(6-8-18)23(31)27-13-17-3-1-2-4-20(17)28(22(30)15-27)14-21(29)26-19-9-11-25-12-10-19;3-2(4,5)1(6)7/h1-12H,13-15H2,(H,25,26,29);(H,6,7). The van der Waals surface area contributed by atoms with Gasteiger partial charge in [-0.05, 0) is 48.0 Å². The topological polar surface area (TPSA) is 120 Å². The first-order valence-electron chi connectivity index (χ1n) is 10.9. The molecule has 4 rings (SSSR count). The van der Waals surface area contributed by atoms with Crippen molar-refractivity contribution in [2.24, 2.45) is 0 Å². The van der Waals surface area contributed by atoms with Crippen LogP contribution in [-0.2, 0) is 20.9 Å². The van der Waals surface area contributed by atoms with Crippen LogP contribution in [0, 0.1) is 0 Å². The number of nitrogens with one attached hydrogen (secondary N) is 1. The van der Waals surface area contributed by atoms with Crippen molar-refractivity contribution in [3.8, 4) is 0 Å². The molecule has 0 fully saturated rings. The van der Waals surface area contributed by atoms with E-state index < -0.39 is 12.1 Å². The lowest BCUT2D eigenvalue weighted by Gasteiger charge is -2.22. The van der Waals surface area contributed by atoms with E-state index in [4.69, 9.17) is 21.5 Å². The zero-order valence-corrected chi connectivity index (χ0v) is 20.2. The summed E-state index contributed by atoms with van der Waals surface area (Å²) in [7, 11) is 0. The monoisotopic (exact) mass is 548 g/mol. The molecule has 0 bridgehead atoms. The van der Waals surface area contributed by atoms with E-state index in [0.29, 0.717) is 22.0 Å². The van der Waals surface area contributed by atoms with E-state index >= 15 is 0 Å². The number of pyridine rings is 1. The summed E-state index contributed by atoms with van der Waals surface area (Å²) in [5.41, 5.74) is 2.44. The normalized spacial score (nSPS) is 13.0. The maximum Gasteiger partial charge on any atom is 0.490 e. The number of aliphatic carboxylic acids is 1. The van der Waals surface area contributed by atoms with Crippen molar-refractivity contribution >= 4 is 46.7 Å². The summed E-state index contributed by atoms with van der Waals surface area (Å²) in [6.45, 7) is -0.0499. The Hall–Kier alpha value is -4.45. The third-order valence-electron chi connectivity index (χ3n) is 5.16. The summed E-state index contributed by atoms with van der Waals surface area (Å²) in [5.74, 6) is -3.71. The van der Waals surface area contributed by atoms with Gasteiger partial charge in [-0.25, -0.2) is 4.79 Å². The minimum absolute atomic E-state index is 0.140. The number of hydrogen-bond acceptors (Lipinski definition) is 5. The average molecular weight is 549 g/mol. The number of carboxylic acid groups (broad SMARTS) is 1. The zero-order chi connectivity index (χ0) is 27.9. The minimum Gasteiger partial charge on any atom is -0.475 e. The predicted molar refractivity (Wildman–Crippen MR) is 132 cm³/mol. The number of fused-ring (bicyclic) bond motifs is 1. The smallest absolute Gasteiger partial charge is 0.475 e. The predicted octanol–water partition coefficient (Wildman–Crippen LogP) is 4.00. The summed E-state index contributed by atoms with van der Waals surface area (Å²) in [5, 5.41) is 10.4. The van der Waals surface area contributed by atoms with Gasteiger partial charge in [0.2, 0.25) is 11.8 Å². The highest BCUT2D eigenvalue weighted by molar-refractivity contribution is 6.30. The van der Waals surface area contributed by atoms with Crippen LogP contribution < -0.4 is 10.2 Å². The SMILES string of the molecule is O=C(CN1C(=O)CN(C(=O)c2ccc(Cl)cc2)Cc2ccccc21)Nc1ccncc1.O=C(O)C(F)(F)F. The molecule has 0 saturated carbocycles. The van der Waals surface area contributed by atoms with Gasteiger partial charge in [-0.1, -0.05) is 29.8 Å². The first-order chi connectivity index (χ1) is 18.0. The van der Waals surface area contributed by atoms with Gasteiger partial charge < -0.3 is 20.2 Å². The van der Waals surface area contributed by atoms with Crippen LogP contribution in [-0.4, -0.2) is 57.9 Å². The molecule has 198 valence electrons. The third kappa shape index (κ3) is 7.53. The van der Waals surface area contributed by atoms with E-state index in [0.717, 1.165) is 5.56 Å². The summed E-state index contributed by atoms with van der Waals surface area (Å²) in [6, 6.07) is 17.2. The van der Waals surface area contributed by atoms with E-state index in [9.17, 15) is 27.6 Å². The Kier molecular flexibility index (Phi) is 9.02. The van der Waals surface area contributed by atoms with Crippen LogP contribution in [0.2, 0.25) is 5.02 Å². The van der Waals surface area contributed by atoms with Crippen molar-refractivity contribution in [1.29, 1.82) is 0 Å². The van der Waals surface area contributed by atoms with Gasteiger partial charge in [0.1, 0.15) is 13.1 Å². The zero-order valence-electron chi connectivity index (χ0n) is 19.5. The van der Waals surface area contributed by atoms with E-state index in [2.05, 4.69) is 10.3 Å². The number of nitrogens with zero attached hydrogens (tertiary/aromatic N) is 3. The average Bonchev–Trinajstić information content (AvgIpc) is 3.01. The van der Waals surface area contributed by atoms with Crippen LogP contribution in [0.4, 0.5) is 24.5 Å². The van der Waals surface area contributed by atoms with Crippen LogP contribution in [0.1, 0.15) is 15.9 Å². The van der Waals surface area contributed by atoms with Gasteiger partial charge in [0.25, 0.3) is 5.91 Å². The van der Waals surface area contributed by atoms with Crippen LogP contribution in [0.5, 0.6) is 0 Å². The number of anilines is 2. The van der Waals surface area contributed by atoms with E-state index in [-0.39, 0.29) is 37.4 Å². The van der Waals surface area contributed by atoms with Crippen LogP contribution in [0.25, 0.3) is 0 Å². The third-order valence-corrected chi connectivity index (χ3v) is 5.41. The lowest BCUT2D eigenvalue weighted by Crippen LogP contribution is -2.43. The lowest BCUT2D eigenvalue weighted by atomic mass is 10.1. The number of para-hydroxylation sites is 1. The first-order valence-corrected chi connectivity index (χ1v) is 11.3. The number of carboxylic acids is 1. The molecule has 0 atom stereocenters. The molecule has 1 aromatic heterocycles. The Bertz CT molecular complexity index is 1320. The molecule has 2 heterocycles. The molecule has 0 saturated heterocycles. The Morgan fingerprint density at radius 3 is 2.18 bits per heavy atom. The molecule has 3 amide bonds. The fraction of sp³-hybridized carbons (Fsp3) is 0.160. The second-order valence-corrected chi connectivity index (χ2v) is 8.30. The van der Waals surface area contributed by atoms with Crippen molar-refractivity contribution in [3.63, 3.8) is 0 Å². The molecule has 2 aromatic carbocycles. The molecule has 1 aliphatic heterocycles. The number of amides is 3. The highest BCUT2D eigenvalue weighted by Gasteiger charge is 2.38. The molecule has 3 aromatic rings.